The van der Waals surface area contributed by atoms with Gasteiger partial charge in [-0.25, -0.2) is 0 Å². The number of benzene rings is 1. The van der Waals surface area contributed by atoms with Crippen molar-refractivity contribution in [1.82, 2.24) is 16.0 Å². The number of nitrogens with one attached hydrogen (secondary N) is 3. The first-order chi connectivity index (χ1) is 11.2. The van der Waals surface area contributed by atoms with Gasteiger partial charge in [-0.3, -0.25) is 9.79 Å². The van der Waals surface area contributed by atoms with Gasteiger partial charge in [-0.05, 0) is 45.0 Å². The van der Waals surface area contributed by atoms with Crippen LogP contribution in [0.1, 0.15) is 36.7 Å². The van der Waals surface area contributed by atoms with Crippen LogP contribution in [-0.4, -0.2) is 37.5 Å². The molecule has 0 saturated carbocycles. The highest BCUT2D eigenvalue weighted by Gasteiger charge is 2.30. The third-order valence-corrected chi connectivity index (χ3v) is 2.91. The molecule has 1 aromatic carbocycles. The third kappa shape index (κ3) is 8.94. The first-order valence-corrected chi connectivity index (χ1v) is 7.74. The maximum atomic E-state index is 12.5. The van der Waals surface area contributed by atoms with Gasteiger partial charge in [0.15, 0.2) is 5.96 Å². The van der Waals surface area contributed by atoms with E-state index in [4.69, 9.17) is 0 Å². The van der Waals surface area contributed by atoms with Gasteiger partial charge in [-0.2, -0.15) is 13.2 Å². The van der Waals surface area contributed by atoms with Gasteiger partial charge in [0.05, 0.1) is 12.1 Å². The van der Waals surface area contributed by atoms with Crippen LogP contribution in [0, 0.1) is 0 Å². The maximum Gasteiger partial charge on any atom is 0.416 e. The van der Waals surface area contributed by atoms with Crippen molar-refractivity contribution >= 4 is 35.8 Å². The summed E-state index contributed by atoms with van der Waals surface area (Å²) in [4.78, 5) is 16.2. The number of alkyl halides is 3. The second-order valence-electron chi connectivity index (χ2n) is 5.39. The Bertz CT molecular complexity index is 559. The van der Waals surface area contributed by atoms with E-state index in [0.717, 1.165) is 30.8 Å². The molecule has 3 N–H and O–H groups in total. The lowest BCUT2D eigenvalue weighted by Crippen LogP contribution is -2.41. The summed E-state index contributed by atoms with van der Waals surface area (Å²) in [6.07, 6.45) is -4.41. The molecule has 0 spiro atoms. The number of guanidine groups is 1. The lowest BCUT2D eigenvalue weighted by atomic mass is 10.1. The number of hydrogen-bond acceptors (Lipinski definition) is 2. The van der Waals surface area contributed by atoms with Crippen LogP contribution < -0.4 is 16.0 Å². The molecule has 0 aliphatic heterocycles. The average Bonchev–Trinajstić information content (AvgIpc) is 2.50. The molecular weight excluding hydrogens is 448 g/mol. The summed E-state index contributed by atoms with van der Waals surface area (Å²) >= 11 is 0. The zero-order chi connectivity index (χ0) is 18.2. The molecule has 0 bridgehead atoms. The van der Waals surface area contributed by atoms with Crippen molar-refractivity contribution in [3.8, 4) is 0 Å². The number of amides is 1. The summed E-state index contributed by atoms with van der Waals surface area (Å²) in [5, 5.41) is 8.84. The molecule has 0 saturated heterocycles. The fourth-order valence-electron chi connectivity index (χ4n) is 1.84. The minimum atomic E-state index is -4.41. The lowest BCUT2D eigenvalue weighted by molar-refractivity contribution is -0.137. The fourth-order valence-corrected chi connectivity index (χ4v) is 1.84. The number of carbonyl (C=O) groups excluding carboxylic acids is 1. The van der Waals surface area contributed by atoms with Gasteiger partial charge in [0.2, 0.25) is 0 Å². The Morgan fingerprint density at radius 2 is 1.76 bits per heavy atom. The van der Waals surface area contributed by atoms with E-state index < -0.39 is 17.6 Å². The molecule has 5 nitrogen and oxygen atoms in total. The van der Waals surface area contributed by atoms with Gasteiger partial charge in [0.1, 0.15) is 0 Å². The van der Waals surface area contributed by atoms with E-state index in [9.17, 15) is 18.0 Å². The highest BCUT2D eigenvalue weighted by atomic mass is 127. The minimum Gasteiger partial charge on any atom is -0.357 e. The minimum absolute atomic E-state index is 0. The molecule has 9 heteroatoms. The van der Waals surface area contributed by atoms with Crippen molar-refractivity contribution in [1.29, 1.82) is 0 Å². The van der Waals surface area contributed by atoms with E-state index in [2.05, 4.69) is 20.9 Å². The quantitative estimate of drug-likeness (QED) is 0.258. The van der Waals surface area contributed by atoms with Gasteiger partial charge in [-0.15, -0.1) is 24.0 Å². The molecule has 1 aromatic rings. The summed E-state index contributed by atoms with van der Waals surface area (Å²) < 4.78 is 37.4. The largest absolute Gasteiger partial charge is 0.416 e. The van der Waals surface area contributed by atoms with Crippen molar-refractivity contribution in [2.45, 2.75) is 33.0 Å². The van der Waals surface area contributed by atoms with Gasteiger partial charge in [-0.1, -0.05) is 0 Å². The number of carbonyl (C=O) groups is 1. The predicted molar refractivity (Wildman–Crippen MR) is 103 cm³/mol. The highest BCUT2D eigenvalue weighted by molar-refractivity contribution is 14.0. The van der Waals surface area contributed by atoms with Crippen molar-refractivity contribution < 1.29 is 18.0 Å². The molecule has 0 heterocycles. The first kappa shape index (κ1) is 23.5. The molecule has 142 valence electrons. The Hall–Kier alpha value is -1.52. The molecule has 1 rings (SSSR count). The molecule has 0 aliphatic rings. The zero-order valence-corrected chi connectivity index (χ0v) is 16.7. The Labute approximate surface area is 162 Å². The van der Waals surface area contributed by atoms with Crippen LogP contribution in [0.4, 0.5) is 13.2 Å². The molecule has 0 radical (unpaired) electrons. The smallest absolute Gasteiger partial charge is 0.357 e. The number of halogens is 4. The molecule has 25 heavy (non-hydrogen) atoms. The van der Waals surface area contributed by atoms with Gasteiger partial charge < -0.3 is 16.0 Å². The number of hydrogen-bond donors (Lipinski definition) is 3. The van der Waals surface area contributed by atoms with Crippen molar-refractivity contribution in [2.24, 2.45) is 4.99 Å². The Morgan fingerprint density at radius 3 is 2.24 bits per heavy atom. The summed E-state index contributed by atoms with van der Waals surface area (Å²) in [5.74, 6) is 0.219. The number of rotatable bonds is 6. The average molecular weight is 472 g/mol. The normalized spacial score (nSPS) is 11.7. The number of nitrogens with zero attached hydrogens (tertiary/aromatic N) is 1. The number of aliphatic imine (C=N–C) groups is 1. The van der Waals surface area contributed by atoms with Crippen molar-refractivity contribution in [3.63, 3.8) is 0 Å². The third-order valence-electron chi connectivity index (χ3n) is 2.91. The molecule has 0 fully saturated rings. The van der Waals surface area contributed by atoms with E-state index in [1.54, 1.807) is 0 Å². The van der Waals surface area contributed by atoms with Crippen LogP contribution >= 0.6 is 24.0 Å². The monoisotopic (exact) mass is 472 g/mol. The van der Waals surface area contributed by atoms with Crippen LogP contribution in [-0.2, 0) is 6.18 Å². The SMILES string of the molecule is CCNC(=NCCNC(=O)c1ccc(C(F)(F)F)cc1)NC(C)C.I. The summed E-state index contributed by atoms with van der Waals surface area (Å²) in [5.41, 5.74) is -0.599. The van der Waals surface area contributed by atoms with E-state index in [-0.39, 0.29) is 42.1 Å². The Balaban J connectivity index is 0.00000576. The Morgan fingerprint density at radius 1 is 1.16 bits per heavy atom. The fraction of sp³-hybridized carbons (Fsp3) is 0.500. The van der Waals surface area contributed by atoms with E-state index >= 15 is 0 Å². The molecule has 0 aromatic heterocycles. The standard InChI is InChI=1S/C16H23F3N4O.HI/c1-4-20-15(23-11(2)3)22-10-9-21-14(24)12-5-7-13(8-6-12)16(17,18)19;/h5-8,11H,4,9-10H2,1-3H3,(H,21,24)(H2,20,22,23);1H. The van der Waals surface area contributed by atoms with E-state index in [0.29, 0.717) is 12.5 Å². The van der Waals surface area contributed by atoms with E-state index in [1.165, 1.54) is 0 Å². The lowest BCUT2D eigenvalue weighted by Gasteiger charge is -2.14. The summed E-state index contributed by atoms with van der Waals surface area (Å²) in [6, 6.07) is 4.33. The molecule has 1 amide bonds. The topological polar surface area (TPSA) is 65.5 Å². The zero-order valence-electron chi connectivity index (χ0n) is 14.4. The molecular formula is C16H24F3IN4O. The highest BCUT2D eigenvalue weighted by Crippen LogP contribution is 2.28. The van der Waals surface area contributed by atoms with Gasteiger partial charge >= 0.3 is 6.18 Å². The van der Waals surface area contributed by atoms with Crippen LogP contribution in [0.2, 0.25) is 0 Å². The van der Waals surface area contributed by atoms with Crippen LogP contribution in [0.15, 0.2) is 29.3 Å². The second kappa shape index (κ2) is 11.2. The summed E-state index contributed by atoms with van der Waals surface area (Å²) in [7, 11) is 0. The maximum absolute atomic E-state index is 12.5. The molecule has 0 atom stereocenters. The van der Waals surface area contributed by atoms with Crippen LogP contribution in [0.25, 0.3) is 0 Å². The van der Waals surface area contributed by atoms with Gasteiger partial charge in [0, 0.05) is 24.7 Å². The molecule has 0 unspecified atom stereocenters. The van der Waals surface area contributed by atoms with Crippen molar-refractivity contribution in [2.75, 3.05) is 19.6 Å². The van der Waals surface area contributed by atoms with Gasteiger partial charge in [0.25, 0.3) is 5.91 Å². The second-order valence-corrected chi connectivity index (χ2v) is 5.39. The van der Waals surface area contributed by atoms with Crippen LogP contribution in [0.3, 0.4) is 0 Å². The van der Waals surface area contributed by atoms with Crippen LogP contribution in [0.5, 0.6) is 0 Å². The predicted octanol–water partition coefficient (Wildman–Crippen LogP) is 3.02. The summed E-state index contributed by atoms with van der Waals surface area (Å²) in [6.45, 7) is 7.28. The van der Waals surface area contributed by atoms with E-state index in [1.807, 2.05) is 20.8 Å². The van der Waals surface area contributed by atoms with Crippen molar-refractivity contribution in [3.05, 3.63) is 35.4 Å². The molecule has 0 aliphatic carbocycles. The Kier molecular flexibility index (Phi) is 10.5. The first-order valence-electron chi connectivity index (χ1n) is 7.74.